The Morgan fingerprint density at radius 3 is 2.56 bits per heavy atom. The lowest BCUT2D eigenvalue weighted by atomic mass is 10.1. The number of carbonyl (C=O) groups excluding carboxylic acids is 1. The average Bonchev–Trinajstić information content (AvgIpc) is 2.38. The largest absolute Gasteiger partial charge is 0.352 e. The minimum atomic E-state index is 0.111. The second-order valence-electron chi connectivity index (χ2n) is 4.75. The van der Waals surface area contributed by atoms with Gasteiger partial charge in [0.05, 0.1) is 0 Å². The zero-order valence-corrected chi connectivity index (χ0v) is 11.4. The zero-order valence-electron chi connectivity index (χ0n) is 11.4. The molecule has 0 aliphatic heterocycles. The van der Waals surface area contributed by atoms with Crippen molar-refractivity contribution in [3.8, 4) is 0 Å². The summed E-state index contributed by atoms with van der Waals surface area (Å²) in [5, 5.41) is 2.95. The fourth-order valence-electron chi connectivity index (χ4n) is 1.84. The fourth-order valence-corrected chi connectivity index (χ4v) is 1.84. The number of hydrogen-bond donors (Lipinski definition) is 2. The molecule has 3 N–H and O–H groups in total. The molecule has 0 heterocycles. The van der Waals surface area contributed by atoms with Crippen LogP contribution in [0.3, 0.4) is 0 Å². The monoisotopic (exact) mass is 248 g/mol. The van der Waals surface area contributed by atoms with E-state index in [0.717, 1.165) is 19.3 Å². The minimum absolute atomic E-state index is 0.111. The molecule has 1 aromatic carbocycles. The van der Waals surface area contributed by atoms with Crippen molar-refractivity contribution < 1.29 is 4.79 Å². The number of aryl methyl sites for hydroxylation is 2. The Morgan fingerprint density at radius 2 is 2.00 bits per heavy atom. The highest BCUT2D eigenvalue weighted by atomic mass is 16.1. The van der Waals surface area contributed by atoms with Gasteiger partial charge in [-0.1, -0.05) is 36.8 Å². The van der Waals surface area contributed by atoms with Crippen molar-refractivity contribution in [2.45, 2.75) is 45.6 Å². The summed E-state index contributed by atoms with van der Waals surface area (Å²) < 4.78 is 0. The maximum atomic E-state index is 11.6. The Kier molecular flexibility index (Phi) is 6.44. The molecule has 1 rings (SSSR count). The molecule has 1 amide bonds. The third kappa shape index (κ3) is 5.32. The van der Waals surface area contributed by atoms with Crippen molar-refractivity contribution in [1.29, 1.82) is 0 Å². The van der Waals surface area contributed by atoms with Crippen LogP contribution >= 0.6 is 0 Å². The summed E-state index contributed by atoms with van der Waals surface area (Å²) in [6.45, 7) is 4.62. The van der Waals surface area contributed by atoms with Gasteiger partial charge in [0.2, 0.25) is 5.91 Å². The molecule has 0 aliphatic carbocycles. The third-order valence-corrected chi connectivity index (χ3v) is 3.13. The first-order chi connectivity index (χ1) is 8.65. The van der Waals surface area contributed by atoms with Crippen LogP contribution < -0.4 is 11.1 Å². The van der Waals surface area contributed by atoms with E-state index in [-0.39, 0.29) is 11.9 Å². The molecule has 0 radical (unpaired) electrons. The van der Waals surface area contributed by atoms with E-state index in [4.69, 9.17) is 5.73 Å². The number of carbonyl (C=O) groups is 1. The lowest BCUT2D eigenvalue weighted by Gasteiger charge is -2.14. The van der Waals surface area contributed by atoms with Crippen molar-refractivity contribution in [3.05, 3.63) is 35.4 Å². The van der Waals surface area contributed by atoms with Crippen LogP contribution in [0.25, 0.3) is 0 Å². The molecule has 1 aromatic rings. The van der Waals surface area contributed by atoms with Crippen molar-refractivity contribution in [2.75, 3.05) is 6.54 Å². The van der Waals surface area contributed by atoms with E-state index < -0.39 is 0 Å². The number of hydrogen-bond acceptors (Lipinski definition) is 2. The third-order valence-electron chi connectivity index (χ3n) is 3.13. The van der Waals surface area contributed by atoms with Crippen LogP contribution in [-0.2, 0) is 11.2 Å². The van der Waals surface area contributed by atoms with Crippen molar-refractivity contribution >= 4 is 5.91 Å². The minimum Gasteiger partial charge on any atom is -0.352 e. The molecule has 1 atom stereocenters. The first-order valence-corrected chi connectivity index (χ1v) is 6.70. The summed E-state index contributed by atoms with van der Waals surface area (Å²) in [5.41, 5.74) is 8.11. The van der Waals surface area contributed by atoms with Crippen LogP contribution in [0.4, 0.5) is 0 Å². The van der Waals surface area contributed by atoms with Gasteiger partial charge in [0, 0.05) is 19.0 Å². The molecule has 0 spiro atoms. The maximum Gasteiger partial charge on any atom is 0.220 e. The summed E-state index contributed by atoms with van der Waals surface area (Å²) >= 11 is 0. The van der Waals surface area contributed by atoms with Gasteiger partial charge in [-0.2, -0.15) is 0 Å². The van der Waals surface area contributed by atoms with Crippen LogP contribution in [0.5, 0.6) is 0 Å². The van der Waals surface area contributed by atoms with Crippen molar-refractivity contribution in [2.24, 2.45) is 5.73 Å². The number of benzene rings is 1. The molecular formula is C15H24N2O. The van der Waals surface area contributed by atoms with Gasteiger partial charge >= 0.3 is 0 Å². The highest BCUT2D eigenvalue weighted by molar-refractivity contribution is 5.76. The Labute approximate surface area is 110 Å². The predicted octanol–water partition coefficient (Wildman–Crippen LogP) is 2.17. The summed E-state index contributed by atoms with van der Waals surface area (Å²) in [7, 11) is 0. The molecule has 0 aliphatic rings. The molecule has 3 nitrogen and oxygen atoms in total. The van der Waals surface area contributed by atoms with Crippen LogP contribution in [-0.4, -0.2) is 18.5 Å². The van der Waals surface area contributed by atoms with E-state index in [2.05, 4.69) is 36.5 Å². The van der Waals surface area contributed by atoms with E-state index in [9.17, 15) is 4.79 Å². The molecule has 0 saturated carbocycles. The lowest BCUT2D eigenvalue weighted by Crippen LogP contribution is -2.39. The molecular weight excluding hydrogens is 224 g/mol. The molecule has 1 unspecified atom stereocenters. The van der Waals surface area contributed by atoms with Crippen LogP contribution in [0.2, 0.25) is 0 Å². The van der Waals surface area contributed by atoms with Crippen LogP contribution in [0.1, 0.15) is 37.3 Å². The molecule has 3 heteroatoms. The number of rotatable bonds is 7. The molecule has 0 bridgehead atoms. The SMILES string of the molecule is CCC(CN)NC(=O)CCCc1ccc(C)cc1. The van der Waals surface area contributed by atoms with E-state index in [1.54, 1.807) is 0 Å². The summed E-state index contributed by atoms with van der Waals surface area (Å²) in [5.74, 6) is 0.111. The van der Waals surface area contributed by atoms with Gasteiger partial charge in [0.1, 0.15) is 0 Å². The predicted molar refractivity (Wildman–Crippen MR) is 75.4 cm³/mol. The highest BCUT2D eigenvalue weighted by Gasteiger charge is 2.07. The number of nitrogens with one attached hydrogen (secondary N) is 1. The Bertz CT molecular complexity index is 355. The van der Waals surface area contributed by atoms with E-state index in [0.29, 0.717) is 13.0 Å². The van der Waals surface area contributed by atoms with E-state index in [1.807, 2.05) is 6.92 Å². The van der Waals surface area contributed by atoms with Gasteiger partial charge in [-0.15, -0.1) is 0 Å². The zero-order chi connectivity index (χ0) is 13.4. The Morgan fingerprint density at radius 1 is 1.33 bits per heavy atom. The van der Waals surface area contributed by atoms with Gasteiger partial charge in [-0.05, 0) is 31.7 Å². The smallest absolute Gasteiger partial charge is 0.220 e. The van der Waals surface area contributed by atoms with Gasteiger partial charge < -0.3 is 11.1 Å². The molecule has 18 heavy (non-hydrogen) atoms. The highest BCUT2D eigenvalue weighted by Crippen LogP contribution is 2.07. The van der Waals surface area contributed by atoms with Gasteiger partial charge in [0.25, 0.3) is 0 Å². The fraction of sp³-hybridized carbons (Fsp3) is 0.533. The maximum absolute atomic E-state index is 11.6. The lowest BCUT2D eigenvalue weighted by molar-refractivity contribution is -0.121. The molecule has 0 fully saturated rings. The van der Waals surface area contributed by atoms with Gasteiger partial charge in [-0.25, -0.2) is 0 Å². The van der Waals surface area contributed by atoms with E-state index in [1.165, 1.54) is 11.1 Å². The standard InChI is InChI=1S/C15H24N2O/c1-3-14(11-16)17-15(18)6-4-5-13-9-7-12(2)8-10-13/h7-10,14H,3-6,11,16H2,1-2H3,(H,17,18). The quantitative estimate of drug-likeness (QED) is 0.777. The first-order valence-electron chi connectivity index (χ1n) is 6.70. The molecule has 0 saturated heterocycles. The van der Waals surface area contributed by atoms with Crippen molar-refractivity contribution in [1.82, 2.24) is 5.32 Å². The Balaban J connectivity index is 2.25. The number of nitrogens with two attached hydrogens (primary N) is 1. The summed E-state index contributed by atoms with van der Waals surface area (Å²) in [4.78, 5) is 11.6. The van der Waals surface area contributed by atoms with E-state index >= 15 is 0 Å². The van der Waals surface area contributed by atoms with Gasteiger partial charge in [-0.3, -0.25) is 4.79 Å². The second kappa shape index (κ2) is 7.88. The molecule has 0 aromatic heterocycles. The van der Waals surface area contributed by atoms with Crippen LogP contribution in [0.15, 0.2) is 24.3 Å². The second-order valence-corrected chi connectivity index (χ2v) is 4.75. The van der Waals surface area contributed by atoms with Gasteiger partial charge in [0.15, 0.2) is 0 Å². The van der Waals surface area contributed by atoms with Crippen molar-refractivity contribution in [3.63, 3.8) is 0 Å². The summed E-state index contributed by atoms with van der Waals surface area (Å²) in [6, 6.07) is 8.59. The number of amides is 1. The normalized spacial score (nSPS) is 12.2. The average molecular weight is 248 g/mol. The topological polar surface area (TPSA) is 55.1 Å². The first kappa shape index (κ1) is 14.7. The van der Waals surface area contributed by atoms with Crippen LogP contribution in [0, 0.1) is 6.92 Å². The summed E-state index contributed by atoms with van der Waals surface area (Å²) in [6.07, 6.45) is 3.30. The molecule has 100 valence electrons. The Hall–Kier alpha value is -1.35.